The van der Waals surface area contributed by atoms with Gasteiger partial charge in [-0.05, 0) is 69.5 Å². The zero-order valence-corrected chi connectivity index (χ0v) is 20.7. The molecule has 5 rings (SSSR count). The number of benzene rings is 2. The van der Waals surface area contributed by atoms with Gasteiger partial charge in [0.1, 0.15) is 23.3 Å². The highest BCUT2D eigenvalue weighted by atomic mass is 35.5. The molecule has 1 saturated heterocycles. The average Bonchev–Trinajstić information content (AvgIpc) is 3.53. The van der Waals surface area contributed by atoms with E-state index in [1.807, 2.05) is 0 Å². The SMILES string of the molecule is N#Cc1cc2c(Oc3ccc(NC(=O)NC4CC4)c(Cl)c3)ccnc2cc1OCCCN1CCCC1. The topological polar surface area (TPSA) is 99.5 Å². The maximum atomic E-state index is 12.0. The molecule has 0 bridgehead atoms. The highest BCUT2D eigenvalue weighted by Crippen LogP contribution is 2.35. The molecule has 3 aromatic rings. The molecule has 0 unspecified atom stereocenters. The standard InChI is InChI=1S/C27H28ClN5O3/c28-22-15-20(6-7-23(22)32-27(34)31-19-4-5-19)36-25-8-9-30-24-16-26(18(17-29)14-21(24)25)35-13-3-12-33-10-1-2-11-33/h6-9,14-16,19H,1-5,10-13H2,(H2,31,32,34). The summed E-state index contributed by atoms with van der Waals surface area (Å²) >= 11 is 6.38. The molecule has 9 heteroatoms. The van der Waals surface area contributed by atoms with Crippen molar-refractivity contribution in [3.63, 3.8) is 0 Å². The van der Waals surface area contributed by atoms with Gasteiger partial charge in [0.2, 0.25) is 0 Å². The van der Waals surface area contributed by atoms with E-state index in [1.165, 1.54) is 12.8 Å². The fourth-order valence-corrected chi connectivity index (χ4v) is 4.50. The predicted octanol–water partition coefficient (Wildman–Crippen LogP) is 5.70. The molecule has 2 fully saturated rings. The Morgan fingerprint density at radius 1 is 1.17 bits per heavy atom. The van der Waals surface area contributed by atoms with Gasteiger partial charge in [-0.2, -0.15) is 5.26 Å². The molecule has 2 aromatic carbocycles. The fraction of sp³-hybridized carbons (Fsp3) is 0.370. The molecule has 1 saturated carbocycles. The summed E-state index contributed by atoms with van der Waals surface area (Å²) in [6.07, 6.45) is 7.12. The van der Waals surface area contributed by atoms with E-state index in [4.69, 9.17) is 21.1 Å². The zero-order valence-electron chi connectivity index (χ0n) is 19.9. The van der Waals surface area contributed by atoms with Crippen LogP contribution in [0.3, 0.4) is 0 Å². The third-order valence-corrected chi connectivity index (χ3v) is 6.64. The Morgan fingerprint density at radius 2 is 2.00 bits per heavy atom. The molecule has 2 heterocycles. The van der Waals surface area contributed by atoms with E-state index in [2.05, 4.69) is 26.6 Å². The Morgan fingerprint density at radius 3 is 2.75 bits per heavy atom. The molecule has 8 nitrogen and oxygen atoms in total. The number of halogens is 1. The second-order valence-corrected chi connectivity index (χ2v) is 9.56. The summed E-state index contributed by atoms with van der Waals surface area (Å²) in [5.41, 5.74) is 1.60. The number of hydrogen-bond acceptors (Lipinski definition) is 6. The van der Waals surface area contributed by atoms with Crippen molar-refractivity contribution in [2.24, 2.45) is 0 Å². The molecule has 1 aromatic heterocycles. The summed E-state index contributed by atoms with van der Waals surface area (Å²) in [6, 6.07) is 12.5. The molecular weight excluding hydrogens is 478 g/mol. The van der Waals surface area contributed by atoms with Gasteiger partial charge in [-0.15, -0.1) is 0 Å². The number of nitriles is 1. The first-order chi connectivity index (χ1) is 17.6. The van der Waals surface area contributed by atoms with E-state index in [-0.39, 0.29) is 12.1 Å². The number of nitrogens with zero attached hydrogens (tertiary/aromatic N) is 3. The minimum absolute atomic E-state index is 0.255. The van der Waals surface area contributed by atoms with Crippen molar-refractivity contribution < 1.29 is 14.3 Å². The largest absolute Gasteiger partial charge is 0.492 e. The number of pyridine rings is 1. The molecule has 1 aliphatic heterocycles. The molecular formula is C27H28ClN5O3. The maximum absolute atomic E-state index is 12.0. The number of urea groups is 1. The first-order valence-electron chi connectivity index (χ1n) is 12.3. The van der Waals surface area contributed by atoms with Gasteiger partial charge in [-0.3, -0.25) is 4.98 Å². The van der Waals surface area contributed by atoms with Crippen molar-refractivity contribution in [2.75, 3.05) is 31.6 Å². The lowest BCUT2D eigenvalue weighted by Gasteiger charge is -2.15. The number of rotatable bonds is 9. The minimum atomic E-state index is -0.272. The van der Waals surface area contributed by atoms with Crippen molar-refractivity contribution in [1.82, 2.24) is 15.2 Å². The van der Waals surface area contributed by atoms with Crippen molar-refractivity contribution in [3.8, 4) is 23.3 Å². The number of ether oxygens (including phenoxy) is 2. The zero-order chi connectivity index (χ0) is 24.9. The summed E-state index contributed by atoms with van der Waals surface area (Å²) < 4.78 is 12.0. The van der Waals surface area contributed by atoms with Gasteiger partial charge in [0.25, 0.3) is 0 Å². The lowest BCUT2D eigenvalue weighted by atomic mass is 10.1. The second kappa shape index (κ2) is 11.0. The summed E-state index contributed by atoms with van der Waals surface area (Å²) in [6.45, 7) is 3.87. The van der Waals surface area contributed by atoms with Crippen LogP contribution in [0, 0.1) is 11.3 Å². The number of carbonyl (C=O) groups excluding carboxylic acids is 1. The number of amides is 2. The summed E-state index contributed by atoms with van der Waals surface area (Å²) in [5.74, 6) is 1.57. The lowest BCUT2D eigenvalue weighted by molar-refractivity contribution is 0.251. The molecule has 2 N–H and O–H groups in total. The number of aromatic nitrogens is 1. The molecule has 2 aliphatic rings. The Kier molecular flexibility index (Phi) is 7.40. The van der Waals surface area contributed by atoms with E-state index >= 15 is 0 Å². The lowest BCUT2D eigenvalue weighted by Crippen LogP contribution is -2.30. The second-order valence-electron chi connectivity index (χ2n) is 9.15. The number of likely N-dealkylation sites (tertiary alicyclic amines) is 1. The van der Waals surface area contributed by atoms with Gasteiger partial charge in [0.05, 0.1) is 28.4 Å². The van der Waals surface area contributed by atoms with Crippen LogP contribution < -0.4 is 20.1 Å². The van der Waals surface area contributed by atoms with Gasteiger partial charge in [0, 0.05) is 36.3 Å². The molecule has 36 heavy (non-hydrogen) atoms. The molecule has 2 amide bonds. The Hall–Kier alpha value is -3.54. The van der Waals surface area contributed by atoms with Crippen LogP contribution in [0.25, 0.3) is 10.9 Å². The van der Waals surface area contributed by atoms with Gasteiger partial charge < -0.3 is 25.0 Å². The molecule has 186 valence electrons. The van der Waals surface area contributed by atoms with Crippen LogP contribution in [0.5, 0.6) is 17.2 Å². The predicted molar refractivity (Wildman–Crippen MR) is 139 cm³/mol. The minimum Gasteiger partial charge on any atom is -0.492 e. The normalized spacial score (nSPS) is 15.4. The molecule has 0 radical (unpaired) electrons. The summed E-state index contributed by atoms with van der Waals surface area (Å²) in [7, 11) is 0. The van der Waals surface area contributed by atoms with E-state index in [1.54, 1.807) is 42.6 Å². The van der Waals surface area contributed by atoms with E-state index < -0.39 is 0 Å². The summed E-state index contributed by atoms with van der Waals surface area (Å²) in [5, 5.41) is 16.4. The van der Waals surface area contributed by atoms with Crippen LogP contribution in [-0.4, -0.2) is 48.2 Å². The maximum Gasteiger partial charge on any atom is 0.319 e. The highest BCUT2D eigenvalue weighted by Gasteiger charge is 2.23. The van der Waals surface area contributed by atoms with Gasteiger partial charge in [-0.1, -0.05) is 11.6 Å². The van der Waals surface area contributed by atoms with Crippen molar-refractivity contribution in [3.05, 3.63) is 53.2 Å². The highest BCUT2D eigenvalue weighted by molar-refractivity contribution is 6.33. The quantitative estimate of drug-likeness (QED) is 0.362. The van der Waals surface area contributed by atoms with Crippen molar-refractivity contribution in [2.45, 2.75) is 38.1 Å². The van der Waals surface area contributed by atoms with E-state index in [0.29, 0.717) is 51.0 Å². The van der Waals surface area contributed by atoms with Crippen LogP contribution >= 0.6 is 11.6 Å². The Balaban J connectivity index is 1.28. The third kappa shape index (κ3) is 5.99. The Bertz CT molecular complexity index is 1300. The van der Waals surface area contributed by atoms with Gasteiger partial charge in [-0.25, -0.2) is 4.79 Å². The average molecular weight is 506 g/mol. The molecule has 0 spiro atoms. The first-order valence-corrected chi connectivity index (χ1v) is 12.7. The van der Waals surface area contributed by atoms with Crippen molar-refractivity contribution in [1.29, 1.82) is 5.26 Å². The van der Waals surface area contributed by atoms with E-state index in [0.717, 1.165) is 38.9 Å². The number of anilines is 1. The van der Waals surface area contributed by atoms with Crippen molar-refractivity contribution >= 4 is 34.2 Å². The monoisotopic (exact) mass is 505 g/mol. The Labute approximate surface area is 215 Å². The van der Waals surface area contributed by atoms with Crippen LogP contribution in [0.15, 0.2) is 42.6 Å². The number of carbonyl (C=O) groups is 1. The summed E-state index contributed by atoms with van der Waals surface area (Å²) in [4.78, 5) is 18.9. The van der Waals surface area contributed by atoms with Gasteiger partial charge >= 0.3 is 6.03 Å². The fourth-order valence-electron chi connectivity index (χ4n) is 4.28. The van der Waals surface area contributed by atoms with Crippen LogP contribution in [0.2, 0.25) is 5.02 Å². The van der Waals surface area contributed by atoms with E-state index in [9.17, 15) is 10.1 Å². The number of nitrogens with one attached hydrogen (secondary N) is 2. The first kappa shape index (κ1) is 24.2. The smallest absolute Gasteiger partial charge is 0.319 e. The van der Waals surface area contributed by atoms with Gasteiger partial charge in [0.15, 0.2) is 0 Å². The molecule has 1 aliphatic carbocycles. The van der Waals surface area contributed by atoms with Crippen LogP contribution in [0.1, 0.15) is 37.7 Å². The van der Waals surface area contributed by atoms with Crippen LogP contribution in [0.4, 0.5) is 10.5 Å². The van der Waals surface area contributed by atoms with Crippen LogP contribution in [-0.2, 0) is 0 Å². The number of hydrogen-bond donors (Lipinski definition) is 2. The molecule has 0 atom stereocenters. The number of fused-ring (bicyclic) bond motifs is 1. The third-order valence-electron chi connectivity index (χ3n) is 6.33.